The Bertz CT molecular complexity index is 746. The molecule has 0 saturated heterocycles. The van der Waals surface area contributed by atoms with Crippen LogP contribution in [0.15, 0.2) is 47.6 Å². The number of nitrogens with one attached hydrogen (secondary N) is 1. The molecule has 0 heterocycles. The number of aromatic hydroxyl groups is 1. The number of methoxy groups -OCH3 is 1. The van der Waals surface area contributed by atoms with Gasteiger partial charge in [0.2, 0.25) is 0 Å². The van der Waals surface area contributed by atoms with E-state index in [0.717, 1.165) is 0 Å². The average Bonchev–Trinajstić information content (AvgIpc) is 2.62. The minimum atomic E-state index is -0.435. The van der Waals surface area contributed by atoms with Gasteiger partial charge < -0.3 is 19.3 Å². The van der Waals surface area contributed by atoms with Crippen LogP contribution in [0, 0.1) is 0 Å². The fourth-order valence-corrected chi connectivity index (χ4v) is 1.95. The summed E-state index contributed by atoms with van der Waals surface area (Å²) in [5, 5.41) is 13.6. The van der Waals surface area contributed by atoms with Crippen LogP contribution < -0.4 is 19.6 Å². The molecule has 0 aliphatic carbocycles. The van der Waals surface area contributed by atoms with Crippen LogP contribution >= 0.6 is 0 Å². The second-order valence-electron chi connectivity index (χ2n) is 4.89. The summed E-state index contributed by atoms with van der Waals surface area (Å²) in [4.78, 5) is 11.8. The smallest absolute Gasteiger partial charge is 0.277 e. The number of phenolic OH excluding ortho intramolecular Hbond substituents is 1. The van der Waals surface area contributed by atoms with Gasteiger partial charge in [-0.05, 0) is 31.2 Å². The first kappa shape index (κ1) is 18.1. The van der Waals surface area contributed by atoms with Crippen molar-refractivity contribution < 1.29 is 24.1 Å². The summed E-state index contributed by atoms with van der Waals surface area (Å²) in [5.41, 5.74) is 2.78. The lowest BCUT2D eigenvalue weighted by Gasteiger charge is -2.10. The molecule has 25 heavy (non-hydrogen) atoms. The number of amides is 1. The zero-order chi connectivity index (χ0) is 18.1. The van der Waals surface area contributed by atoms with Crippen LogP contribution in [0.25, 0.3) is 0 Å². The van der Waals surface area contributed by atoms with E-state index < -0.39 is 5.91 Å². The average molecular weight is 344 g/mol. The number of rotatable bonds is 8. The van der Waals surface area contributed by atoms with Gasteiger partial charge in [-0.3, -0.25) is 4.79 Å². The minimum absolute atomic E-state index is 0.000703. The number of para-hydroxylation sites is 2. The molecule has 0 aliphatic heterocycles. The molecular weight excluding hydrogens is 324 g/mol. The van der Waals surface area contributed by atoms with E-state index >= 15 is 0 Å². The molecule has 2 aromatic rings. The van der Waals surface area contributed by atoms with Crippen molar-refractivity contribution >= 4 is 12.1 Å². The number of phenols is 1. The zero-order valence-corrected chi connectivity index (χ0v) is 14.1. The van der Waals surface area contributed by atoms with Crippen LogP contribution in [0.1, 0.15) is 12.5 Å². The number of hydrazone groups is 1. The molecule has 132 valence electrons. The molecule has 0 bridgehead atoms. The molecule has 0 aromatic heterocycles. The van der Waals surface area contributed by atoms with E-state index in [-0.39, 0.29) is 12.4 Å². The molecule has 7 heteroatoms. The number of carbonyl (C=O) groups is 1. The molecule has 1 amide bonds. The number of ether oxygens (including phenoxy) is 3. The van der Waals surface area contributed by atoms with Crippen molar-refractivity contribution in [2.45, 2.75) is 6.92 Å². The fraction of sp³-hybridized carbons (Fsp3) is 0.222. The van der Waals surface area contributed by atoms with Gasteiger partial charge in [-0.2, -0.15) is 5.10 Å². The third-order valence-corrected chi connectivity index (χ3v) is 3.14. The van der Waals surface area contributed by atoms with E-state index in [2.05, 4.69) is 10.5 Å². The molecule has 0 saturated carbocycles. The van der Waals surface area contributed by atoms with Gasteiger partial charge >= 0.3 is 0 Å². The van der Waals surface area contributed by atoms with Gasteiger partial charge in [0, 0.05) is 11.6 Å². The Labute approximate surface area is 145 Å². The molecule has 0 aliphatic rings. The van der Waals surface area contributed by atoms with E-state index in [9.17, 15) is 9.90 Å². The molecule has 0 atom stereocenters. The van der Waals surface area contributed by atoms with E-state index in [1.165, 1.54) is 19.4 Å². The summed E-state index contributed by atoms with van der Waals surface area (Å²) in [7, 11) is 1.51. The maximum atomic E-state index is 11.8. The maximum Gasteiger partial charge on any atom is 0.277 e. The normalized spacial score (nSPS) is 10.5. The molecule has 0 spiro atoms. The van der Waals surface area contributed by atoms with Gasteiger partial charge in [0.15, 0.2) is 18.1 Å². The fourth-order valence-electron chi connectivity index (χ4n) is 1.95. The molecule has 0 radical (unpaired) electrons. The lowest BCUT2D eigenvalue weighted by Crippen LogP contribution is -2.24. The van der Waals surface area contributed by atoms with Crippen LogP contribution in [0.3, 0.4) is 0 Å². The molecule has 7 nitrogen and oxygen atoms in total. The predicted molar refractivity (Wildman–Crippen MR) is 93.5 cm³/mol. The Morgan fingerprint density at radius 1 is 1.20 bits per heavy atom. The Morgan fingerprint density at radius 2 is 1.92 bits per heavy atom. The van der Waals surface area contributed by atoms with Crippen LogP contribution in [0.2, 0.25) is 0 Å². The van der Waals surface area contributed by atoms with Crippen molar-refractivity contribution in [1.29, 1.82) is 0 Å². The molecule has 0 unspecified atom stereocenters. The third-order valence-electron chi connectivity index (χ3n) is 3.14. The summed E-state index contributed by atoms with van der Waals surface area (Å²) >= 11 is 0. The van der Waals surface area contributed by atoms with Crippen LogP contribution in [-0.4, -0.2) is 37.6 Å². The van der Waals surface area contributed by atoms with Crippen molar-refractivity contribution in [1.82, 2.24) is 5.43 Å². The monoisotopic (exact) mass is 344 g/mol. The van der Waals surface area contributed by atoms with E-state index in [1.807, 2.05) is 13.0 Å². The van der Waals surface area contributed by atoms with Crippen molar-refractivity contribution in [3.63, 3.8) is 0 Å². The highest BCUT2D eigenvalue weighted by Crippen LogP contribution is 2.26. The van der Waals surface area contributed by atoms with E-state index in [1.54, 1.807) is 30.3 Å². The third kappa shape index (κ3) is 5.42. The molecule has 2 aromatic carbocycles. The Kier molecular flexibility index (Phi) is 6.65. The van der Waals surface area contributed by atoms with Crippen LogP contribution in [0.4, 0.5) is 0 Å². The molecule has 2 N–H and O–H groups in total. The molecule has 0 fully saturated rings. The quantitative estimate of drug-likeness (QED) is 0.567. The summed E-state index contributed by atoms with van der Waals surface area (Å²) < 4.78 is 15.8. The van der Waals surface area contributed by atoms with Gasteiger partial charge in [-0.15, -0.1) is 0 Å². The van der Waals surface area contributed by atoms with Gasteiger partial charge in [0.05, 0.1) is 19.9 Å². The first-order valence-corrected chi connectivity index (χ1v) is 7.67. The van der Waals surface area contributed by atoms with Crippen molar-refractivity contribution in [2.24, 2.45) is 5.10 Å². The van der Waals surface area contributed by atoms with Gasteiger partial charge in [-0.1, -0.05) is 12.1 Å². The van der Waals surface area contributed by atoms with Gasteiger partial charge in [-0.25, -0.2) is 5.43 Å². The standard InChI is InChI=1S/C18H20N2O5/c1-3-24-16-6-4-5-7-17(16)25-12-18(22)20-19-11-13-8-9-14(23-2)10-15(13)21/h4-11,21H,3,12H2,1-2H3,(H,20,22). The van der Waals surface area contributed by atoms with Crippen molar-refractivity contribution in [2.75, 3.05) is 20.3 Å². The van der Waals surface area contributed by atoms with Crippen LogP contribution in [-0.2, 0) is 4.79 Å². The largest absolute Gasteiger partial charge is 0.507 e. The summed E-state index contributed by atoms with van der Waals surface area (Å²) in [6.45, 7) is 2.16. The second-order valence-corrected chi connectivity index (χ2v) is 4.89. The van der Waals surface area contributed by atoms with E-state index in [0.29, 0.717) is 29.4 Å². The lowest BCUT2D eigenvalue weighted by atomic mass is 10.2. The number of hydrogen-bond donors (Lipinski definition) is 2. The van der Waals surface area contributed by atoms with E-state index in [4.69, 9.17) is 14.2 Å². The number of hydrogen-bond acceptors (Lipinski definition) is 6. The topological polar surface area (TPSA) is 89.4 Å². The highest BCUT2D eigenvalue weighted by molar-refractivity contribution is 5.85. The highest BCUT2D eigenvalue weighted by Gasteiger charge is 2.07. The first-order valence-electron chi connectivity index (χ1n) is 7.67. The predicted octanol–water partition coefficient (Wildman–Crippen LogP) is 2.33. The van der Waals surface area contributed by atoms with Crippen LogP contribution in [0.5, 0.6) is 23.0 Å². The number of nitrogens with zero attached hydrogens (tertiary/aromatic N) is 1. The number of carbonyl (C=O) groups excluding carboxylic acids is 1. The first-order chi connectivity index (χ1) is 12.1. The van der Waals surface area contributed by atoms with Gasteiger partial charge in [0.25, 0.3) is 5.91 Å². The second kappa shape index (κ2) is 9.17. The Morgan fingerprint density at radius 3 is 2.56 bits per heavy atom. The maximum absolute atomic E-state index is 11.8. The summed E-state index contributed by atoms with van der Waals surface area (Å²) in [6.07, 6.45) is 1.33. The minimum Gasteiger partial charge on any atom is -0.507 e. The van der Waals surface area contributed by atoms with Crippen molar-refractivity contribution in [3.8, 4) is 23.0 Å². The number of benzene rings is 2. The lowest BCUT2D eigenvalue weighted by molar-refractivity contribution is -0.123. The Balaban J connectivity index is 1.87. The summed E-state index contributed by atoms with van der Waals surface area (Å²) in [6, 6.07) is 11.9. The molecular formula is C18H20N2O5. The zero-order valence-electron chi connectivity index (χ0n) is 14.1. The molecule has 2 rings (SSSR count). The SMILES string of the molecule is CCOc1ccccc1OCC(=O)NN=Cc1ccc(OC)cc1O. The Hall–Kier alpha value is -3.22. The summed E-state index contributed by atoms with van der Waals surface area (Å²) in [5.74, 6) is 1.15. The van der Waals surface area contributed by atoms with Gasteiger partial charge in [0.1, 0.15) is 11.5 Å². The highest BCUT2D eigenvalue weighted by atomic mass is 16.5. The van der Waals surface area contributed by atoms with Crippen molar-refractivity contribution in [3.05, 3.63) is 48.0 Å².